The number of hydrogen-bond donors (Lipinski definition) is 0. The van der Waals surface area contributed by atoms with Crippen molar-refractivity contribution < 1.29 is 0 Å². The first kappa shape index (κ1) is 42.4. The van der Waals surface area contributed by atoms with Crippen molar-refractivity contribution in [2.75, 3.05) is 4.90 Å². The van der Waals surface area contributed by atoms with Gasteiger partial charge in [0.2, 0.25) is 0 Å². The Labute approximate surface area is 427 Å². The minimum absolute atomic E-state index is 0.0582. The molecule has 4 atom stereocenters. The Morgan fingerprint density at radius 3 is 1.97 bits per heavy atom. The first-order valence-corrected chi connectivity index (χ1v) is 26.5. The molecule has 0 radical (unpaired) electrons. The molecular formula is C69H56N4. The Hall–Kier alpha value is -8.34. The molecule has 15 rings (SSSR count). The van der Waals surface area contributed by atoms with Crippen LogP contribution in [0.4, 0.5) is 11.4 Å². The first-order valence-electron chi connectivity index (χ1n) is 26.5. The van der Waals surface area contributed by atoms with E-state index in [0.29, 0.717) is 11.8 Å². The maximum Gasteiger partial charge on any atom is 0.0655 e. The molecule has 11 aromatic rings. The van der Waals surface area contributed by atoms with E-state index in [9.17, 15) is 0 Å². The number of benzene rings is 8. The molecule has 0 N–H and O–H groups in total. The summed E-state index contributed by atoms with van der Waals surface area (Å²) in [6.45, 7) is 7.26. The lowest BCUT2D eigenvalue weighted by Crippen LogP contribution is -2.39. The fourth-order valence-corrected chi connectivity index (χ4v) is 13.6. The van der Waals surface area contributed by atoms with Gasteiger partial charge in [0.1, 0.15) is 0 Å². The van der Waals surface area contributed by atoms with Gasteiger partial charge in [-0.25, -0.2) is 0 Å². The lowest BCUT2D eigenvalue weighted by Gasteiger charge is -2.34. The van der Waals surface area contributed by atoms with E-state index in [0.717, 1.165) is 31.4 Å². The summed E-state index contributed by atoms with van der Waals surface area (Å²) in [7, 11) is 0. The van der Waals surface area contributed by atoms with Gasteiger partial charge in [0.25, 0.3) is 0 Å². The molecule has 0 spiro atoms. The highest BCUT2D eigenvalue weighted by Crippen LogP contribution is 2.52. The maximum absolute atomic E-state index is 2.60. The number of nitrogens with zero attached hydrogens (tertiary/aromatic N) is 4. The van der Waals surface area contributed by atoms with Gasteiger partial charge in [-0.3, -0.25) is 0 Å². The zero-order valence-electron chi connectivity index (χ0n) is 41.6. The molecule has 352 valence electrons. The lowest BCUT2D eigenvalue weighted by atomic mass is 9.76. The smallest absolute Gasteiger partial charge is 0.0655 e. The summed E-state index contributed by atoms with van der Waals surface area (Å²) in [5.74, 6) is 1.20. The zero-order valence-corrected chi connectivity index (χ0v) is 41.6. The Morgan fingerprint density at radius 2 is 1.15 bits per heavy atom. The monoisotopic (exact) mass is 940 g/mol. The highest BCUT2D eigenvalue weighted by atomic mass is 15.2. The van der Waals surface area contributed by atoms with Crippen LogP contribution in [0.25, 0.3) is 89.0 Å². The van der Waals surface area contributed by atoms with Crippen molar-refractivity contribution in [2.24, 2.45) is 11.8 Å². The number of para-hydroxylation sites is 3. The van der Waals surface area contributed by atoms with Gasteiger partial charge in [-0.15, -0.1) is 0 Å². The highest BCUT2D eigenvalue weighted by molar-refractivity contribution is 6.16. The third-order valence-corrected chi connectivity index (χ3v) is 17.5. The van der Waals surface area contributed by atoms with Crippen LogP contribution < -0.4 is 4.90 Å². The van der Waals surface area contributed by atoms with Crippen molar-refractivity contribution in [3.63, 3.8) is 0 Å². The molecule has 4 aliphatic rings. The molecule has 3 aromatic heterocycles. The van der Waals surface area contributed by atoms with E-state index in [4.69, 9.17) is 0 Å². The van der Waals surface area contributed by atoms with Crippen LogP contribution in [0.1, 0.15) is 55.3 Å². The predicted octanol–water partition coefficient (Wildman–Crippen LogP) is 17.2. The van der Waals surface area contributed by atoms with Gasteiger partial charge in [-0.05, 0) is 168 Å². The number of rotatable bonds is 6. The Bertz CT molecular complexity index is 4150. The van der Waals surface area contributed by atoms with Crippen LogP contribution in [0.3, 0.4) is 0 Å². The molecule has 0 saturated heterocycles. The summed E-state index contributed by atoms with van der Waals surface area (Å²) in [6.07, 6.45) is 18.1. The first-order chi connectivity index (χ1) is 35.9. The van der Waals surface area contributed by atoms with E-state index in [1.54, 1.807) is 0 Å². The predicted molar refractivity (Wildman–Crippen MR) is 306 cm³/mol. The molecule has 0 fully saturated rings. The second-order valence-corrected chi connectivity index (χ2v) is 21.5. The molecule has 0 saturated carbocycles. The van der Waals surface area contributed by atoms with Gasteiger partial charge < -0.3 is 18.6 Å². The van der Waals surface area contributed by atoms with Gasteiger partial charge in [0.15, 0.2) is 0 Å². The maximum atomic E-state index is 2.60. The van der Waals surface area contributed by atoms with Crippen molar-refractivity contribution in [2.45, 2.75) is 57.9 Å². The van der Waals surface area contributed by atoms with Crippen molar-refractivity contribution in [1.29, 1.82) is 0 Å². The van der Waals surface area contributed by atoms with Crippen molar-refractivity contribution >= 4 is 61.1 Å². The summed E-state index contributed by atoms with van der Waals surface area (Å²) >= 11 is 0. The van der Waals surface area contributed by atoms with E-state index in [-0.39, 0.29) is 11.5 Å². The number of aromatic nitrogens is 3. The SMILES string of the molecule is CC1Cc2c(n(-c3cccc(-n4c5c(c6ccccc64)CCC=C5)c3)c3ccc(-c4cccc5c4c4ccccc4n5-c4ccc(-c5ccc(N6c7ccccc7C7(C)C=CC=CC67)cc5)cc4)cc23)CC1C. The molecule has 0 amide bonds. The number of allylic oxidation sites excluding steroid dienone is 3. The minimum atomic E-state index is -0.0582. The van der Waals surface area contributed by atoms with Crippen LogP contribution in [0.15, 0.2) is 212 Å². The lowest BCUT2D eigenvalue weighted by molar-refractivity contribution is 0.357. The van der Waals surface area contributed by atoms with E-state index in [1.807, 2.05) is 0 Å². The fraction of sp³-hybridized carbons (Fsp3) is 0.159. The van der Waals surface area contributed by atoms with Crippen LogP contribution >= 0.6 is 0 Å². The van der Waals surface area contributed by atoms with Crippen LogP contribution in [-0.2, 0) is 24.7 Å². The second-order valence-electron chi connectivity index (χ2n) is 21.5. The van der Waals surface area contributed by atoms with Crippen LogP contribution in [0.5, 0.6) is 0 Å². The minimum Gasteiger partial charge on any atom is -0.333 e. The Balaban J connectivity index is 0.807. The average molecular weight is 941 g/mol. The molecule has 4 heterocycles. The molecule has 0 bridgehead atoms. The van der Waals surface area contributed by atoms with Crippen LogP contribution in [0.2, 0.25) is 0 Å². The normalized spacial score (nSPS) is 19.8. The van der Waals surface area contributed by atoms with E-state index in [2.05, 4.69) is 258 Å². The molecule has 8 aromatic carbocycles. The quantitative estimate of drug-likeness (QED) is 0.162. The van der Waals surface area contributed by atoms with Gasteiger partial charge in [-0.1, -0.05) is 147 Å². The Morgan fingerprint density at radius 1 is 0.493 bits per heavy atom. The molecule has 1 aliphatic heterocycles. The summed E-state index contributed by atoms with van der Waals surface area (Å²) < 4.78 is 7.55. The third kappa shape index (κ3) is 6.26. The second kappa shape index (κ2) is 16.1. The third-order valence-electron chi connectivity index (χ3n) is 17.5. The topological polar surface area (TPSA) is 18.0 Å². The van der Waals surface area contributed by atoms with Gasteiger partial charge in [-0.2, -0.15) is 0 Å². The van der Waals surface area contributed by atoms with E-state index in [1.165, 1.54) is 117 Å². The summed E-state index contributed by atoms with van der Waals surface area (Å²) in [6, 6.07) is 68.9. The molecule has 73 heavy (non-hydrogen) atoms. The van der Waals surface area contributed by atoms with Crippen LogP contribution in [-0.4, -0.2) is 19.7 Å². The zero-order chi connectivity index (χ0) is 48.5. The largest absolute Gasteiger partial charge is 0.333 e. The summed E-state index contributed by atoms with van der Waals surface area (Å²) in [5.41, 5.74) is 23.1. The van der Waals surface area contributed by atoms with Crippen LogP contribution in [0, 0.1) is 11.8 Å². The van der Waals surface area contributed by atoms with Crippen molar-refractivity contribution in [1.82, 2.24) is 13.7 Å². The molecule has 4 heteroatoms. The molecule has 4 unspecified atom stereocenters. The summed E-state index contributed by atoms with van der Waals surface area (Å²) in [4.78, 5) is 2.51. The number of fused-ring (bicyclic) bond motifs is 12. The van der Waals surface area contributed by atoms with Gasteiger partial charge in [0, 0.05) is 66.8 Å². The Kier molecular flexibility index (Phi) is 9.33. The van der Waals surface area contributed by atoms with E-state index < -0.39 is 0 Å². The average Bonchev–Trinajstić information content (AvgIpc) is 4.15. The number of anilines is 2. The van der Waals surface area contributed by atoms with Crippen molar-refractivity contribution in [3.05, 3.63) is 240 Å². The van der Waals surface area contributed by atoms with Gasteiger partial charge in [0.05, 0.1) is 28.1 Å². The summed E-state index contributed by atoms with van der Waals surface area (Å²) in [5, 5.41) is 5.30. The van der Waals surface area contributed by atoms with Crippen molar-refractivity contribution in [3.8, 4) is 39.3 Å². The molecular weight excluding hydrogens is 885 g/mol. The standard InChI is InChI=1S/C69H56N4/c1-44-40-57-58-42-48(33-38-63(58)72(66(57)41-45(44)2)52-17-14-16-51(43-52)71-60-23-8-4-18-54(60)55-19-5-9-24-61(55)71)53-21-15-27-65-68(53)56-20-6-10-25-62(56)70(65)49-34-29-46(30-35-49)47-31-36-50(37-32-47)73-64-26-11-7-22-59(64)69(3)39-13-12-28-67(69)73/h4,6-18,20-39,42-45,67H,5,19,40-41H2,1-3H3. The highest BCUT2D eigenvalue weighted by Gasteiger charge is 2.46. The molecule has 3 aliphatic carbocycles. The number of aryl methyl sites for hydroxylation is 1. The molecule has 4 nitrogen and oxygen atoms in total. The van der Waals surface area contributed by atoms with Gasteiger partial charge >= 0.3 is 0 Å². The number of hydrogen-bond acceptors (Lipinski definition) is 1. The fourth-order valence-electron chi connectivity index (χ4n) is 13.6. The van der Waals surface area contributed by atoms with E-state index >= 15 is 0 Å².